The molecule has 3 N–H and O–H groups in total. The highest BCUT2D eigenvalue weighted by atomic mass is 35.5. The number of thiophene rings is 1. The first-order valence-corrected chi connectivity index (χ1v) is 9.67. The average molecular weight is 424 g/mol. The Balaban J connectivity index is 0.00000121. The second-order valence-corrected chi connectivity index (χ2v) is 7.83. The van der Waals surface area contributed by atoms with Gasteiger partial charge in [0.1, 0.15) is 0 Å². The molecule has 0 saturated carbocycles. The SMILES string of the molecule is Cl.Cl.O=C(NCC1CNCCO1)c1cc2c(s1)CCOC21CCNCC1. The van der Waals surface area contributed by atoms with Crippen LogP contribution >= 0.6 is 36.2 Å². The van der Waals surface area contributed by atoms with Crippen molar-refractivity contribution in [3.8, 4) is 0 Å². The van der Waals surface area contributed by atoms with Crippen molar-refractivity contribution in [3.63, 3.8) is 0 Å². The quantitative estimate of drug-likeness (QED) is 0.686. The Hall–Kier alpha value is -0.410. The van der Waals surface area contributed by atoms with E-state index < -0.39 is 0 Å². The van der Waals surface area contributed by atoms with Gasteiger partial charge in [-0.25, -0.2) is 0 Å². The zero-order valence-electron chi connectivity index (χ0n) is 14.7. The minimum absolute atomic E-state index is 0. The summed E-state index contributed by atoms with van der Waals surface area (Å²) in [6.45, 7) is 5.66. The van der Waals surface area contributed by atoms with Crippen molar-refractivity contribution in [2.75, 3.05) is 45.9 Å². The summed E-state index contributed by atoms with van der Waals surface area (Å²) >= 11 is 1.63. The predicted molar refractivity (Wildman–Crippen MR) is 107 cm³/mol. The van der Waals surface area contributed by atoms with E-state index >= 15 is 0 Å². The molecule has 1 atom stereocenters. The molecule has 0 bridgehead atoms. The smallest absolute Gasteiger partial charge is 0.261 e. The summed E-state index contributed by atoms with van der Waals surface area (Å²) < 4.78 is 11.8. The molecule has 148 valence electrons. The second-order valence-electron chi connectivity index (χ2n) is 6.70. The molecule has 2 saturated heterocycles. The standard InChI is InChI=1S/C17H25N3O3S.2ClH/c21-16(20-11-12-10-19-6-8-22-12)15-9-13-14(24-15)1-7-23-17(13)2-4-18-5-3-17;;/h9,12,18-19H,1-8,10-11H2,(H,20,21);2*1H. The van der Waals surface area contributed by atoms with Gasteiger partial charge in [-0.3, -0.25) is 4.79 Å². The van der Waals surface area contributed by atoms with Gasteiger partial charge in [-0.15, -0.1) is 36.2 Å². The summed E-state index contributed by atoms with van der Waals surface area (Å²) in [5.41, 5.74) is 1.07. The number of ether oxygens (including phenoxy) is 2. The van der Waals surface area contributed by atoms with Gasteiger partial charge >= 0.3 is 0 Å². The molecule has 0 aromatic carbocycles. The number of halogens is 2. The van der Waals surface area contributed by atoms with Crippen molar-refractivity contribution in [2.45, 2.75) is 31.0 Å². The van der Waals surface area contributed by atoms with E-state index in [9.17, 15) is 4.79 Å². The lowest BCUT2D eigenvalue weighted by Crippen LogP contribution is -2.45. The van der Waals surface area contributed by atoms with Crippen LogP contribution in [0.4, 0.5) is 0 Å². The number of fused-ring (bicyclic) bond motifs is 2. The fourth-order valence-electron chi connectivity index (χ4n) is 3.82. The topological polar surface area (TPSA) is 71.6 Å². The van der Waals surface area contributed by atoms with Gasteiger partial charge in [0, 0.05) is 30.9 Å². The van der Waals surface area contributed by atoms with E-state index in [4.69, 9.17) is 9.47 Å². The molecule has 26 heavy (non-hydrogen) atoms. The molecule has 1 amide bonds. The number of morpholine rings is 1. The summed E-state index contributed by atoms with van der Waals surface area (Å²) in [7, 11) is 0. The number of carbonyl (C=O) groups excluding carboxylic acids is 1. The van der Waals surface area contributed by atoms with Crippen LogP contribution in [0.2, 0.25) is 0 Å². The summed E-state index contributed by atoms with van der Waals surface area (Å²) in [6, 6.07) is 2.07. The number of hydrogen-bond donors (Lipinski definition) is 3. The Labute approximate surface area is 170 Å². The van der Waals surface area contributed by atoms with Gasteiger partial charge in [-0.1, -0.05) is 0 Å². The molecule has 0 aliphatic carbocycles. The maximum atomic E-state index is 12.5. The number of carbonyl (C=O) groups is 1. The first-order valence-electron chi connectivity index (χ1n) is 8.85. The number of piperidine rings is 1. The molecule has 0 radical (unpaired) electrons. The third-order valence-corrected chi connectivity index (χ3v) is 6.33. The third-order valence-electron chi connectivity index (χ3n) is 5.14. The van der Waals surface area contributed by atoms with Crippen molar-refractivity contribution in [1.29, 1.82) is 0 Å². The van der Waals surface area contributed by atoms with Gasteiger partial charge < -0.3 is 25.4 Å². The molecule has 1 spiro atoms. The van der Waals surface area contributed by atoms with Crippen molar-refractivity contribution >= 4 is 42.1 Å². The number of hydrogen-bond acceptors (Lipinski definition) is 6. The van der Waals surface area contributed by atoms with E-state index in [0.29, 0.717) is 13.2 Å². The first-order chi connectivity index (χ1) is 11.8. The highest BCUT2D eigenvalue weighted by Crippen LogP contribution is 2.43. The minimum atomic E-state index is -0.176. The van der Waals surface area contributed by atoms with Crippen LogP contribution in [-0.2, 0) is 21.5 Å². The van der Waals surface area contributed by atoms with Crippen LogP contribution in [0.3, 0.4) is 0 Å². The van der Waals surface area contributed by atoms with E-state index in [1.54, 1.807) is 11.3 Å². The molecule has 2 fully saturated rings. The molecular weight excluding hydrogens is 397 g/mol. The third kappa shape index (κ3) is 4.52. The van der Waals surface area contributed by atoms with Crippen molar-refractivity contribution in [1.82, 2.24) is 16.0 Å². The summed E-state index contributed by atoms with van der Waals surface area (Å²) in [5.74, 6) is 0.00709. The highest BCUT2D eigenvalue weighted by Gasteiger charge is 2.40. The Bertz CT molecular complexity index is 602. The van der Waals surface area contributed by atoms with Crippen molar-refractivity contribution in [2.24, 2.45) is 0 Å². The van der Waals surface area contributed by atoms with E-state index in [2.05, 4.69) is 22.0 Å². The van der Waals surface area contributed by atoms with E-state index in [1.807, 2.05) is 0 Å². The molecular formula is C17H27Cl2N3O3S. The van der Waals surface area contributed by atoms with E-state index in [0.717, 1.165) is 56.9 Å². The lowest BCUT2D eigenvalue weighted by atomic mass is 9.83. The Kier molecular flexibility index (Phi) is 8.15. The number of nitrogens with one attached hydrogen (secondary N) is 3. The lowest BCUT2D eigenvalue weighted by Gasteiger charge is -2.40. The summed E-state index contributed by atoms with van der Waals surface area (Å²) in [4.78, 5) is 14.7. The molecule has 3 aliphatic heterocycles. The van der Waals surface area contributed by atoms with Crippen molar-refractivity contribution in [3.05, 3.63) is 21.4 Å². The molecule has 1 unspecified atom stereocenters. The van der Waals surface area contributed by atoms with Crippen LogP contribution < -0.4 is 16.0 Å². The Morgan fingerprint density at radius 3 is 2.77 bits per heavy atom. The molecule has 1 aromatic heterocycles. The predicted octanol–water partition coefficient (Wildman–Crippen LogP) is 1.46. The summed E-state index contributed by atoms with van der Waals surface area (Å²) in [5, 5.41) is 9.70. The number of amides is 1. The van der Waals surface area contributed by atoms with Crippen LogP contribution in [0, 0.1) is 0 Å². The Morgan fingerprint density at radius 1 is 1.23 bits per heavy atom. The second kappa shape index (κ2) is 9.68. The zero-order valence-corrected chi connectivity index (χ0v) is 17.1. The fourth-order valence-corrected chi connectivity index (χ4v) is 4.96. The van der Waals surface area contributed by atoms with Gasteiger partial charge in [0.2, 0.25) is 0 Å². The van der Waals surface area contributed by atoms with Crippen LogP contribution in [-0.4, -0.2) is 57.9 Å². The maximum Gasteiger partial charge on any atom is 0.261 e. The molecule has 4 heterocycles. The normalized spacial score (nSPS) is 24.1. The largest absolute Gasteiger partial charge is 0.374 e. The van der Waals surface area contributed by atoms with Crippen LogP contribution in [0.1, 0.15) is 33.0 Å². The molecule has 6 nitrogen and oxygen atoms in total. The maximum absolute atomic E-state index is 12.5. The molecule has 1 aromatic rings. The number of rotatable bonds is 3. The van der Waals surface area contributed by atoms with Gasteiger partial charge in [0.25, 0.3) is 5.91 Å². The van der Waals surface area contributed by atoms with Gasteiger partial charge in [0.05, 0.1) is 29.8 Å². The van der Waals surface area contributed by atoms with Gasteiger partial charge in [0.15, 0.2) is 0 Å². The molecule has 4 rings (SSSR count). The summed E-state index contributed by atoms with van der Waals surface area (Å²) in [6.07, 6.45) is 2.95. The molecule has 3 aliphatic rings. The minimum Gasteiger partial charge on any atom is -0.374 e. The lowest BCUT2D eigenvalue weighted by molar-refractivity contribution is -0.0792. The fraction of sp³-hybridized carbons (Fsp3) is 0.706. The van der Waals surface area contributed by atoms with Crippen LogP contribution in [0.25, 0.3) is 0 Å². The molecule has 9 heteroatoms. The van der Waals surface area contributed by atoms with Gasteiger partial charge in [-0.2, -0.15) is 0 Å². The zero-order chi connectivity index (χ0) is 16.4. The van der Waals surface area contributed by atoms with E-state index in [1.165, 1.54) is 10.4 Å². The van der Waals surface area contributed by atoms with Crippen molar-refractivity contribution < 1.29 is 14.3 Å². The van der Waals surface area contributed by atoms with Gasteiger partial charge in [-0.05, 0) is 37.6 Å². The highest BCUT2D eigenvalue weighted by molar-refractivity contribution is 7.14. The average Bonchev–Trinajstić information content (AvgIpc) is 3.08. The monoisotopic (exact) mass is 423 g/mol. The van der Waals surface area contributed by atoms with Crippen LogP contribution in [0.5, 0.6) is 0 Å². The van der Waals surface area contributed by atoms with Crippen LogP contribution in [0.15, 0.2) is 6.07 Å². The first kappa shape index (κ1) is 21.9. The Morgan fingerprint density at radius 2 is 2.04 bits per heavy atom. The van der Waals surface area contributed by atoms with E-state index in [-0.39, 0.29) is 42.4 Å².